The molecule has 1 saturated carbocycles. The molecule has 1 fully saturated rings. The second kappa shape index (κ2) is 4.72. The molecule has 0 radical (unpaired) electrons. The molecular formula is C12H15BrFNO. The number of benzene rings is 1. The summed E-state index contributed by atoms with van der Waals surface area (Å²) >= 11 is 3.34. The van der Waals surface area contributed by atoms with Gasteiger partial charge in [-0.1, -0.05) is 0 Å². The fourth-order valence-electron chi connectivity index (χ4n) is 1.77. The van der Waals surface area contributed by atoms with Gasteiger partial charge in [0.15, 0.2) is 0 Å². The van der Waals surface area contributed by atoms with Gasteiger partial charge in [0, 0.05) is 11.5 Å². The van der Waals surface area contributed by atoms with E-state index in [4.69, 9.17) is 10.5 Å². The first kappa shape index (κ1) is 11.9. The minimum Gasteiger partial charge on any atom is -0.492 e. The van der Waals surface area contributed by atoms with Crippen molar-refractivity contribution in [3.8, 4) is 5.75 Å². The van der Waals surface area contributed by atoms with Gasteiger partial charge >= 0.3 is 0 Å². The zero-order chi connectivity index (χ0) is 11.6. The minimum atomic E-state index is -0.276. The molecule has 2 N–H and O–H groups in total. The Balaban J connectivity index is 1.97. The highest BCUT2D eigenvalue weighted by molar-refractivity contribution is 9.10. The van der Waals surface area contributed by atoms with Crippen molar-refractivity contribution >= 4 is 15.9 Å². The summed E-state index contributed by atoms with van der Waals surface area (Å²) in [4.78, 5) is 0. The molecule has 0 aliphatic heterocycles. The molecule has 0 amide bonds. The van der Waals surface area contributed by atoms with Crippen LogP contribution < -0.4 is 10.5 Å². The second-order valence-corrected chi connectivity index (χ2v) is 5.26. The Morgan fingerprint density at radius 2 is 2.19 bits per heavy atom. The summed E-state index contributed by atoms with van der Waals surface area (Å²) in [7, 11) is 0. The average Bonchev–Trinajstić information content (AvgIpc) is 3.01. The Labute approximate surface area is 103 Å². The first-order chi connectivity index (χ1) is 7.65. The summed E-state index contributed by atoms with van der Waals surface area (Å²) < 4.78 is 19.5. The average molecular weight is 288 g/mol. The molecule has 0 spiro atoms. The standard InChI is InChI=1S/C12H15BrFNO/c13-10-2-1-9(14)7-11(10)16-8-12(3-4-12)5-6-15/h1-2,7H,3-6,8,15H2. The van der Waals surface area contributed by atoms with Gasteiger partial charge in [-0.3, -0.25) is 0 Å². The van der Waals surface area contributed by atoms with Crippen LogP contribution in [-0.2, 0) is 0 Å². The molecule has 0 aromatic heterocycles. The Morgan fingerprint density at radius 1 is 1.44 bits per heavy atom. The van der Waals surface area contributed by atoms with Gasteiger partial charge < -0.3 is 10.5 Å². The lowest BCUT2D eigenvalue weighted by molar-refractivity contribution is 0.225. The van der Waals surface area contributed by atoms with Crippen molar-refractivity contribution in [1.82, 2.24) is 0 Å². The lowest BCUT2D eigenvalue weighted by Gasteiger charge is -2.16. The molecule has 1 aromatic carbocycles. The highest BCUT2D eigenvalue weighted by Gasteiger charge is 2.42. The normalized spacial score (nSPS) is 17.2. The topological polar surface area (TPSA) is 35.2 Å². The summed E-state index contributed by atoms with van der Waals surface area (Å²) in [5.41, 5.74) is 5.80. The van der Waals surface area contributed by atoms with Gasteiger partial charge in [0.05, 0.1) is 11.1 Å². The molecule has 1 aliphatic rings. The van der Waals surface area contributed by atoms with Crippen molar-refractivity contribution in [1.29, 1.82) is 0 Å². The highest BCUT2D eigenvalue weighted by Crippen LogP contribution is 2.48. The van der Waals surface area contributed by atoms with Crippen LogP contribution in [0.4, 0.5) is 4.39 Å². The molecule has 1 aromatic rings. The molecular weight excluding hydrogens is 273 g/mol. The van der Waals surface area contributed by atoms with Crippen LogP contribution in [0.1, 0.15) is 19.3 Å². The van der Waals surface area contributed by atoms with E-state index in [0.29, 0.717) is 18.9 Å². The molecule has 1 aliphatic carbocycles. The maximum absolute atomic E-state index is 13.0. The zero-order valence-corrected chi connectivity index (χ0v) is 10.6. The molecule has 0 heterocycles. The van der Waals surface area contributed by atoms with Crippen molar-refractivity contribution in [3.63, 3.8) is 0 Å². The van der Waals surface area contributed by atoms with Crippen LogP contribution >= 0.6 is 15.9 Å². The molecule has 0 bridgehead atoms. The smallest absolute Gasteiger partial charge is 0.136 e. The number of hydrogen-bond acceptors (Lipinski definition) is 2. The van der Waals surface area contributed by atoms with Gasteiger partial charge in [0.2, 0.25) is 0 Å². The summed E-state index contributed by atoms with van der Waals surface area (Å²) in [6.07, 6.45) is 3.31. The highest BCUT2D eigenvalue weighted by atomic mass is 79.9. The van der Waals surface area contributed by atoms with Crippen molar-refractivity contribution in [2.24, 2.45) is 11.1 Å². The van der Waals surface area contributed by atoms with Crippen LogP contribution in [0.3, 0.4) is 0 Å². The third-order valence-electron chi connectivity index (χ3n) is 3.06. The summed E-state index contributed by atoms with van der Waals surface area (Å²) in [6, 6.07) is 4.47. The Kier molecular flexibility index (Phi) is 3.50. The van der Waals surface area contributed by atoms with Crippen LogP contribution in [0.5, 0.6) is 5.75 Å². The molecule has 16 heavy (non-hydrogen) atoms. The van der Waals surface area contributed by atoms with E-state index in [0.717, 1.165) is 23.7 Å². The fourth-order valence-corrected chi connectivity index (χ4v) is 2.13. The van der Waals surface area contributed by atoms with E-state index in [-0.39, 0.29) is 11.2 Å². The van der Waals surface area contributed by atoms with Gasteiger partial charge in [-0.05, 0) is 53.9 Å². The maximum atomic E-state index is 13.0. The Morgan fingerprint density at radius 3 is 2.81 bits per heavy atom. The monoisotopic (exact) mass is 287 g/mol. The lowest BCUT2D eigenvalue weighted by Crippen LogP contribution is -2.17. The Hall–Kier alpha value is -0.610. The van der Waals surface area contributed by atoms with E-state index in [1.165, 1.54) is 12.1 Å². The fraction of sp³-hybridized carbons (Fsp3) is 0.500. The SMILES string of the molecule is NCCC1(COc2cc(F)ccc2Br)CC1. The number of halogens is 2. The van der Waals surface area contributed by atoms with Gasteiger partial charge in [-0.25, -0.2) is 4.39 Å². The minimum absolute atomic E-state index is 0.251. The van der Waals surface area contributed by atoms with Crippen molar-refractivity contribution in [2.45, 2.75) is 19.3 Å². The van der Waals surface area contributed by atoms with Gasteiger partial charge in [-0.15, -0.1) is 0 Å². The van der Waals surface area contributed by atoms with Crippen LogP contribution in [0, 0.1) is 11.2 Å². The Bertz CT molecular complexity index is 379. The van der Waals surface area contributed by atoms with Gasteiger partial charge in [0.1, 0.15) is 11.6 Å². The van der Waals surface area contributed by atoms with E-state index in [2.05, 4.69) is 15.9 Å². The number of hydrogen-bond donors (Lipinski definition) is 1. The maximum Gasteiger partial charge on any atom is 0.136 e. The third kappa shape index (κ3) is 2.74. The van der Waals surface area contributed by atoms with Crippen LogP contribution in [0.2, 0.25) is 0 Å². The predicted octanol–water partition coefficient (Wildman–Crippen LogP) is 3.10. The largest absolute Gasteiger partial charge is 0.492 e. The van der Waals surface area contributed by atoms with Crippen molar-refractivity contribution in [3.05, 3.63) is 28.5 Å². The first-order valence-electron chi connectivity index (χ1n) is 5.43. The number of nitrogens with two attached hydrogens (primary N) is 1. The van der Waals surface area contributed by atoms with Crippen molar-refractivity contribution in [2.75, 3.05) is 13.2 Å². The number of rotatable bonds is 5. The lowest BCUT2D eigenvalue weighted by atomic mass is 10.0. The molecule has 0 atom stereocenters. The molecule has 0 unspecified atom stereocenters. The predicted molar refractivity (Wildman–Crippen MR) is 64.9 cm³/mol. The van der Waals surface area contributed by atoms with E-state index < -0.39 is 0 Å². The van der Waals surface area contributed by atoms with Gasteiger partial charge in [-0.2, -0.15) is 0 Å². The molecule has 4 heteroatoms. The third-order valence-corrected chi connectivity index (χ3v) is 3.71. The molecule has 2 rings (SSSR count). The first-order valence-corrected chi connectivity index (χ1v) is 6.22. The molecule has 0 saturated heterocycles. The van der Waals surface area contributed by atoms with Crippen molar-refractivity contribution < 1.29 is 9.13 Å². The number of ether oxygens (including phenoxy) is 1. The van der Waals surface area contributed by atoms with Crippen LogP contribution in [0.15, 0.2) is 22.7 Å². The molecule has 88 valence electrons. The zero-order valence-electron chi connectivity index (χ0n) is 9.01. The molecule has 2 nitrogen and oxygen atoms in total. The van der Waals surface area contributed by atoms with Crippen LogP contribution in [-0.4, -0.2) is 13.2 Å². The summed E-state index contributed by atoms with van der Waals surface area (Å²) in [6.45, 7) is 1.32. The quantitative estimate of drug-likeness (QED) is 0.903. The summed E-state index contributed by atoms with van der Waals surface area (Å²) in [5.74, 6) is 0.296. The van der Waals surface area contributed by atoms with E-state index in [1.807, 2.05) is 0 Å². The second-order valence-electron chi connectivity index (χ2n) is 4.40. The van der Waals surface area contributed by atoms with E-state index in [9.17, 15) is 4.39 Å². The summed E-state index contributed by atoms with van der Waals surface area (Å²) in [5, 5.41) is 0. The van der Waals surface area contributed by atoms with E-state index >= 15 is 0 Å². The van der Waals surface area contributed by atoms with Crippen LogP contribution in [0.25, 0.3) is 0 Å². The van der Waals surface area contributed by atoms with Gasteiger partial charge in [0.25, 0.3) is 0 Å². The van der Waals surface area contributed by atoms with E-state index in [1.54, 1.807) is 6.07 Å².